The van der Waals surface area contributed by atoms with Crippen LogP contribution in [0.15, 0.2) is 127 Å². The molecule has 3 aromatic carbocycles. The monoisotopic (exact) mass is 739 g/mol. The van der Waals surface area contributed by atoms with Crippen LogP contribution in [0.2, 0.25) is 0 Å². The SMILES string of the molecule is COC1(OC)C=CC(C(OC[C@H]2O[C@@H](n3cnc4c(NC(=O)c5ccccc5)ncnc43)C[C@@]2(O)P(=O)(O)O)(c2ccccc2)c2ccccc2)=CC1. The number of anilines is 1. The predicted octanol–water partition coefficient (Wildman–Crippen LogP) is 5.07. The van der Waals surface area contributed by atoms with E-state index in [4.69, 9.17) is 18.9 Å². The van der Waals surface area contributed by atoms with E-state index in [0.29, 0.717) is 17.6 Å². The van der Waals surface area contributed by atoms with Gasteiger partial charge in [-0.25, -0.2) is 15.0 Å². The average molecular weight is 740 g/mol. The van der Waals surface area contributed by atoms with E-state index in [-0.39, 0.29) is 17.0 Å². The van der Waals surface area contributed by atoms with Crippen LogP contribution in [0.25, 0.3) is 11.2 Å². The molecule has 0 bridgehead atoms. The molecule has 15 heteroatoms. The highest BCUT2D eigenvalue weighted by atomic mass is 31.2. The molecule has 1 amide bonds. The predicted molar refractivity (Wildman–Crippen MR) is 193 cm³/mol. The summed E-state index contributed by atoms with van der Waals surface area (Å²) in [6.45, 7) is -0.452. The van der Waals surface area contributed by atoms with Gasteiger partial charge < -0.3 is 39.2 Å². The van der Waals surface area contributed by atoms with Crippen LogP contribution in [-0.2, 0) is 29.1 Å². The minimum absolute atomic E-state index is 0.126. The molecular formula is C38H38N5O9P. The molecule has 2 aliphatic rings. The summed E-state index contributed by atoms with van der Waals surface area (Å²) in [6, 6.07) is 27.4. The zero-order valence-corrected chi connectivity index (χ0v) is 29.7. The molecule has 0 spiro atoms. The number of fused-ring (bicyclic) bond motifs is 1. The minimum Gasteiger partial charge on any atom is -0.375 e. The number of ether oxygens (including phenoxy) is 4. The Hall–Kier alpha value is -4.89. The zero-order chi connectivity index (χ0) is 37.3. The van der Waals surface area contributed by atoms with Gasteiger partial charge in [0.15, 0.2) is 28.1 Å². The zero-order valence-electron chi connectivity index (χ0n) is 28.9. The maximum atomic E-state index is 13.1. The summed E-state index contributed by atoms with van der Waals surface area (Å²) in [4.78, 5) is 47.1. The normalized spacial score (nSPS) is 21.4. The number of carbonyl (C=O) groups is 1. The van der Waals surface area contributed by atoms with E-state index in [0.717, 1.165) is 11.1 Å². The molecule has 5 aromatic rings. The number of rotatable bonds is 12. The Morgan fingerprint density at radius 3 is 2.15 bits per heavy atom. The maximum Gasteiger partial charge on any atom is 0.359 e. The Balaban J connectivity index is 1.24. The van der Waals surface area contributed by atoms with Crippen molar-refractivity contribution in [1.82, 2.24) is 19.5 Å². The third-order valence-electron chi connectivity index (χ3n) is 9.79. The van der Waals surface area contributed by atoms with Crippen molar-refractivity contribution in [3.8, 4) is 0 Å². The molecule has 2 aromatic heterocycles. The Labute approximate surface area is 304 Å². The highest BCUT2D eigenvalue weighted by Gasteiger charge is 2.60. The molecule has 4 N–H and O–H groups in total. The van der Waals surface area contributed by atoms with Gasteiger partial charge in [0.2, 0.25) is 0 Å². The second-order valence-corrected chi connectivity index (χ2v) is 14.6. The number of methoxy groups -OCH3 is 2. The van der Waals surface area contributed by atoms with Gasteiger partial charge in [-0.05, 0) is 34.9 Å². The Kier molecular flexibility index (Phi) is 9.98. The molecule has 3 atom stereocenters. The van der Waals surface area contributed by atoms with Crippen molar-refractivity contribution in [3.63, 3.8) is 0 Å². The van der Waals surface area contributed by atoms with E-state index in [1.165, 1.54) is 17.2 Å². The van der Waals surface area contributed by atoms with Gasteiger partial charge in [-0.2, -0.15) is 0 Å². The van der Waals surface area contributed by atoms with Crippen molar-refractivity contribution >= 4 is 30.5 Å². The number of benzene rings is 3. The number of aliphatic hydroxyl groups is 1. The standard InChI is InChI=1S/C38H38N5O9P/c1-49-36(50-2)20-18-29(19-21-36)38(27-14-8-4-9-15-27,28-16-10-5-11-17-28)51-23-30-37(45,53(46,47)48)22-31(52-30)43-25-41-32-33(39-24-40-34(32)43)42-35(44)26-12-6-3-7-13-26/h3-20,24-25,30-31,45H,21-23H2,1-2H3,(H2,46,47,48)(H,39,40,42,44)/t30-,31-,37-/m1/s1. The van der Waals surface area contributed by atoms with Crippen LogP contribution in [0.1, 0.15) is 40.6 Å². The summed E-state index contributed by atoms with van der Waals surface area (Å²) in [7, 11) is -2.15. The molecule has 274 valence electrons. The number of nitrogens with one attached hydrogen (secondary N) is 1. The lowest BCUT2D eigenvalue weighted by atomic mass is 9.77. The van der Waals surface area contributed by atoms with E-state index in [1.54, 1.807) is 50.6 Å². The lowest BCUT2D eigenvalue weighted by Crippen LogP contribution is -2.44. The quantitative estimate of drug-likeness (QED) is 0.0985. The first-order valence-electron chi connectivity index (χ1n) is 16.8. The van der Waals surface area contributed by atoms with Gasteiger partial charge in [0, 0.05) is 32.6 Å². The van der Waals surface area contributed by atoms with Crippen LogP contribution in [0, 0.1) is 0 Å². The van der Waals surface area contributed by atoms with Gasteiger partial charge in [-0.3, -0.25) is 13.9 Å². The van der Waals surface area contributed by atoms with Crippen LogP contribution < -0.4 is 5.32 Å². The van der Waals surface area contributed by atoms with Crippen LogP contribution in [0.4, 0.5) is 5.82 Å². The van der Waals surface area contributed by atoms with Crippen molar-refractivity contribution < 1.29 is 43.2 Å². The topological polar surface area (TPSA) is 187 Å². The van der Waals surface area contributed by atoms with Crippen LogP contribution >= 0.6 is 7.60 Å². The Bertz CT molecular complexity index is 2150. The minimum atomic E-state index is -5.26. The van der Waals surface area contributed by atoms with Gasteiger partial charge in [-0.15, -0.1) is 0 Å². The molecule has 1 saturated heterocycles. The number of hydrogen-bond acceptors (Lipinski definition) is 10. The van der Waals surface area contributed by atoms with Crippen molar-refractivity contribution in [2.24, 2.45) is 0 Å². The summed E-state index contributed by atoms with van der Waals surface area (Å²) >= 11 is 0. The number of amides is 1. The summed E-state index contributed by atoms with van der Waals surface area (Å²) in [6.07, 6.45) is 5.31. The van der Waals surface area contributed by atoms with E-state index in [1.807, 2.05) is 72.8 Å². The summed E-state index contributed by atoms with van der Waals surface area (Å²) in [5.41, 5.74) is 1.66. The van der Waals surface area contributed by atoms with E-state index < -0.39 is 55.6 Å². The van der Waals surface area contributed by atoms with Gasteiger partial charge in [0.05, 0.1) is 12.9 Å². The smallest absolute Gasteiger partial charge is 0.359 e. The molecular weight excluding hydrogens is 701 g/mol. The summed E-state index contributed by atoms with van der Waals surface area (Å²) in [5.74, 6) is -1.28. The number of imidazole rings is 1. The fourth-order valence-electron chi connectivity index (χ4n) is 6.85. The van der Waals surface area contributed by atoms with Gasteiger partial charge in [0.1, 0.15) is 24.3 Å². The lowest BCUT2D eigenvalue weighted by molar-refractivity contribution is -0.168. The summed E-state index contributed by atoms with van der Waals surface area (Å²) < 4.78 is 39.1. The molecule has 53 heavy (non-hydrogen) atoms. The Morgan fingerprint density at radius 2 is 1.58 bits per heavy atom. The molecule has 1 fully saturated rings. The highest BCUT2D eigenvalue weighted by molar-refractivity contribution is 7.53. The molecule has 1 aliphatic carbocycles. The molecule has 0 saturated carbocycles. The first-order chi connectivity index (χ1) is 25.5. The molecule has 0 radical (unpaired) electrons. The second kappa shape index (κ2) is 14.5. The van der Waals surface area contributed by atoms with E-state index in [9.17, 15) is 24.3 Å². The number of hydrogen-bond donors (Lipinski definition) is 4. The van der Waals surface area contributed by atoms with Crippen LogP contribution in [-0.4, -0.2) is 78.4 Å². The van der Waals surface area contributed by atoms with Crippen molar-refractivity contribution in [2.75, 3.05) is 26.1 Å². The highest BCUT2D eigenvalue weighted by Crippen LogP contribution is 2.59. The first kappa shape index (κ1) is 36.5. The number of nitrogens with zero attached hydrogens (tertiary/aromatic N) is 4. The number of aromatic nitrogens is 4. The molecule has 7 rings (SSSR count). The summed E-state index contributed by atoms with van der Waals surface area (Å²) in [5, 5.41) is 11.9. The van der Waals surface area contributed by atoms with Gasteiger partial charge in [-0.1, -0.05) is 91.0 Å². The van der Waals surface area contributed by atoms with E-state index in [2.05, 4.69) is 20.3 Å². The van der Waals surface area contributed by atoms with Gasteiger partial charge >= 0.3 is 7.60 Å². The maximum absolute atomic E-state index is 13.1. The van der Waals surface area contributed by atoms with Crippen LogP contribution in [0.3, 0.4) is 0 Å². The fourth-order valence-corrected chi connectivity index (χ4v) is 7.75. The van der Waals surface area contributed by atoms with Crippen molar-refractivity contribution in [2.45, 2.75) is 41.9 Å². The van der Waals surface area contributed by atoms with Crippen molar-refractivity contribution in [3.05, 3.63) is 144 Å². The Morgan fingerprint density at radius 1 is 0.962 bits per heavy atom. The lowest BCUT2D eigenvalue weighted by Gasteiger charge is -2.40. The van der Waals surface area contributed by atoms with Crippen molar-refractivity contribution in [1.29, 1.82) is 0 Å². The first-order valence-corrected chi connectivity index (χ1v) is 18.4. The molecule has 14 nitrogen and oxygen atoms in total. The molecule has 3 heterocycles. The van der Waals surface area contributed by atoms with Crippen LogP contribution in [0.5, 0.6) is 0 Å². The molecule has 0 unspecified atom stereocenters. The molecule has 1 aliphatic heterocycles. The average Bonchev–Trinajstić information content (AvgIpc) is 3.78. The largest absolute Gasteiger partial charge is 0.375 e. The van der Waals surface area contributed by atoms with Gasteiger partial charge in [0.25, 0.3) is 5.91 Å². The fraction of sp³-hybridized carbons (Fsp3) is 0.263. The third kappa shape index (κ3) is 6.65. The van der Waals surface area contributed by atoms with E-state index >= 15 is 0 Å². The second-order valence-electron chi connectivity index (χ2n) is 12.7. The number of carbonyl (C=O) groups excluding carboxylic acids is 1. The third-order valence-corrected chi connectivity index (χ3v) is 11.3.